The molecular formula is C46H36N2. The summed E-state index contributed by atoms with van der Waals surface area (Å²) in [6, 6.07) is 68.1. The van der Waals surface area contributed by atoms with Crippen LogP contribution in [0.15, 0.2) is 194 Å². The smallest absolute Gasteiger partial charge is 0.0781 e. The number of benzene rings is 7. The molecule has 0 spiro atoms. The zero-order valence-electron chi connectivity index (χ0n) is 26.7. The number of rotatable bonds is 10. The van der Waals surface area contributed by atoms with Crippen LogP contribution in [-0.4, -0.2) is 0 Å². The summed E-state index contributed by atoms with van der Waals surface area (Å²) in [6.07, 6.45) is 8.91. The molecule has 0 aliphatic heterocycles. The van der Waals surface area contributed by atoms with Crippen LogP contribution in [-0.2, 0) is 0 Å². The maximum Gasteiger partial charge on any atom is 0.0781 e. The van der Waals surface area contributed by atoms with Gasteiger partial charge < -0.3 is 9.80 Å². The van der Waals surface area contributed by atoms with Crippen LogP contribution in [0.2, 0.25) is 0 Å². The second kappa shape index (κ2) is 14.8. The van der Waals surface area contributed by atoms with Crippen molar-refractivity contribution in [3.8, 4) is 0 Å². The molecule has 0 amide bonds. The van der Waals surface area contributed by atoms with Crippen LogP contribution in [0.4, 0.5) is 34.1 Å². The number of hydrogen-bond donors (Lipinski definition) is 0. The molecule has 0 saturated carbocycles. The van der Waals surface area contributed by atoms with Gasteiger partial charge in [-0.05, 0) is 71.3 Å². The Morgan fingerprint density at radius 1 is 0.292 bits per heavy atom. The lowest BCUT2D eigenvalue weighted by molar-refractivity contribution is 1.22. The Bertz CT molecular complexity index is 2010. The first-order valence-corrected chi connectivity index (χ1v) is 16.3. The fourth-order valence-electron chi connectivity index (χ4n) is 5.98. The van der Waals surface area contributed by atoms with Crippen molar-refractivity contribution in [1.82, 2.24) is 0 Å². The summed E-state index contributed by atoms with van der Waals surface area (Å²) in [6.45, 7) is 0. The highest BCUT2D eigenvalue weighted by molar-refractivity contribution is 5.99. The van der Waals surface area contributed by atoms with E-state index in [0.29, 0.717) is 0 Å². The molecule has 0 N–H and O–H groups in total. The SMILES string of the molecule is C(=Cc1ccc(N(c2ccccc2)c2ccccc2)c(N(c2ccccc2)c2ccccc2)c1C=Cc1ccccc1)c1ccccc1. The van der Waals surface area contributed by atoms with Crippen LogP contribution in [0, 0.1) is 0 Å². The summed E-state index contributed by atoms with van der Waals surface area (Å²) in [5.41, 5.74) is 10.9. The van der Waals surface area contributed by atoms with Crippen LogP contribution in [0.5, 0.6) is 0 Å². The summed E-state index contributed by atoms with van der Waals surface area (Å²) >= 11 is 0. The van der Waals surface area contributed by atoms with Crippen molar-refractivity contribution in [1.29, 1.82) is 0 Å². The third-order valence-electron chi connectivity index (χ3n) is 8.25. The Hall–Kier alpha value is -6.38. The molecule has 0 radical (unpaired) electrons. The summed E-state index contributed by atoms with van der Waals surface area (Å²) in [5, 5.41) is 0. The van der Waals surface area contributed by atoms with Gasteiger partial charge in [-0.2, -0.15) is 0 Å². The van der Waals surface area contributed by atoms with E-state index in [0.717, 1.165) is 56.4 Å². The molecule has 48 heavy (non-hydrogen) atoms. The Kier molecular flexibility index (Phi) is 9.34. The van der Waals surface area contributed by atoms with Gasteiger partial charge in [0, 0.05) is 28.3 Å². The highest BCUT2D eigenvalue weighted by atomic mass is 15.2. The number of anilines is 6. The second-order valence-electron chi connectivity index (χ2n) is 11.4. The van der Waals surface area contributed by atoms with Crippen molar-refractivity contribution in [2.75, 3.05) is 9.80 Å². The Morgan fingerprint density at radius 2 is 0.646 bits per heavy atom. The van der Waals surface area contributed by atoms with E-state index in [1.807, 2.05) is 0 Å². The first kappa shape index (κ1) is 30.3. The highest BCUT2D eigenvalue weighted by Gasteiger charge is 2.25. The second-order valence-corrected chi connectivity index (χ2v) is 11.4. The number of nitrogens with zero attached hydrogens (tertiary/aromatic N) is 2. The summed E-state index contributed by atoms with van der Waals surface area (Å²) in [4.78, 5) is 4.75. The zero-order valence-corrected chi connectivity index (χ0v) is 26.7. The molecule has 0 aromatic heterocycles. The normalized spacial score (nSPS) is 11.2. The van der Waals surface area contributed by atoms with Gasteiger partial charge in [-0.15, -0.1) is 0 Å². The van der Waals surface area contributed by atoms with Gasteiger partial charge in [0.1, 0.15) is 0 Å². The van der Waals surface area contributed by atoms with E-state index < -0.39 is 0 Å². The number of para-hydroxylation sites is 4. The molecule has 0 aliphatic carbocycles. The first-order valence-electron chi connectivity index (χ1n) is 16.3. The van der Waals surface area contributed by atoms with Gasteiger partial charge in [-0.3, -0.25) is 0 Å². The average molecular weight is 617 g/mol. The Labute approximate surface area is 283 Å². The molecule has 0 fully saturated rings. The zero-order chi connectivity index (χ0) is 32.4. The molecule has 0 atom stereocenters. The van der Waals surface area contributed by atoms with Crippen LogP contribution >= 0.6 is 0 Å². The van der Waals surface area contributed by atoms with E-state index in [4.69, 9.17) is 0 Å². The summed E-state index contributed by atoms with van der Waals surface area (Å²) in [5.74, 6) is 0. The minimum Gasteiger partial charge on any atom is -0.308 e. The van der Waals surface area contributed by atoms with E-state index >= 15 is 0 Å². The van der Waals surface area contributed by atoms with Crippen molar-refractivity contribution >= 4 is 58.4 Å². The highest BCUT2D eigenvalue weighted by Crippen LogP contribution is 2.49. The van der Waals surface area contributed by atoms with E-state index in [2.05, 4.69) is 228 Å². The van der Waals surface area contributed by atoms with Crippen molar-refractivity contribution < 1.29 is 0 Å². The molecule has 230 valence electrons. The fraction of sp³-hybridized carbons (Fsp3) is 0. The molecule has 2 heteroatoms. The third kappa shape index (κ3) is 6.89. The van der Waals surface area contributed by atoms with Crippen LogP contribution in [0.1, 0.15) is 22.3 Å². The van der Waals surface area contributed by atoms with Crippen LogP contribution in [0.25, 0.3) is 24.3 Å². The van der Waals surface area contributed by atoms with E-state index in [9.17, 15) is 0 Å². The molecule has 0 heterocycles. The fourth-order valence-corrected chi connectivity index (χ4v) is 5.98. The van der Waals surface area contributed by atoms with Crippen molar-refractivity contribution in [2.24, 2.45) is 0 Å². The van der Waals surface area contributed by atoms with Gasteiger partial charge in [0.15, 0.2) is 0 Å². The van der Waals surface area contributed by atoms with Gasteiger partial charge in [0.25, 0.3) is 0 Å². The lowest BCUT2D eigenvalue weighted by Crippen LogP contribution is -2.18. The average Bonchev–Trinajstić information content (AvgIpc) is 3.17. The quantitative estimate of drug-likeness (QED) is 0.141. The van der Waals surface area contributed by atoms with Gasteiger partial charge in [0.2, 0.25) is 0 Å². The lowest BCUT2D eigenvalue weighted by atomic mass is 9.97. The number of hydrogen-bond acceptors (Lipinski definition) is 2. The standard InChI is InChI=1S/C46H36N2/c1-7-19-37(20-8-1)31-33-39-34-36-45(47(40-23-11-3-12-24-40)41-25-13-4-14-26-41)46(44(39)35-32-38-21-9-2-10-22-38)48(42-27-15-5-16-28-42)43-29-17-6-18-30-43/h1-36H. The Morgan fingerprint density at radius 3 is 1.06 bits per heavy atom. The van der Waals surface area contributed by atoms with Gasteiger partial charge >= 0.3 is 0 Å². The molecule has 0 aliphatic rings. The van der Waals surface area contributed by atoms with Crippen LogP contribution < -0.4 is 9.80 Å². The molecule has 7 rings (SSSR count). The monoisotopic (exact) mass is 616 g/mol. The molecule has 7 aromatic carbocycles. The van der Waals surface area contributed by atoms with E-state index in [1.54, 1.807) is 0 Å². The lowest BCUT2D eigenvalue weighted by Gasteiger charge is -2.35. The largest absolute Gasteiger partial charge is 0.308 e. The van der Waals surface area contributed by atoms with E-state index in [-0.39, 0.29) is 0 Å². The summed E-state index contributed by atoms with van der Waals surface area (Å²) < 4.78 is 0. The predicted molar refractivity (Wildman–Crippen MR) is 207 cm³/mol. The molecule has 0 saturated heterocycles. The summed E-state index contributed by atoms with van der Waals surface area (Å²) in [7, 11) is 0. The molecule has 0 unspecified atom stereocenters. The van der Waals surface area contributed by atoms with Gasteiger partial charge in [-0.25, -0.2) is 0 Å². The third-order valence-corrected chi connectivity index (χ3v) is 8.25. The van der Waals surface area contributed by atoms with E-state index in [1.165, 1.54) is 0 Å². The Balaban J connectivity index is 1.57. The van der Waals surface area contributed by atoms with Gasteiger partial charge in [0.05, 0.1) is 11.4 Å². The van der Waals surface area contributed by atoms with Crippen molar-refractivity contribution in [3.63, 3.8) is 0 Å². The topological polar surface area (TPSA) is 6.48 Å². The predicted octanol–water partition coefficient (Wildman–Crippen LogP) is 13.0. The first-order chi connectivity index (χ1) is 23.8. The minimum atomic E-state index is 1.06. The van der Waals surface area contributed by atoms with Crippen LogP contribution in [0.3, 0.4) is 0 Å². The molecule has 0 bridgehead atoms. The van der Waals surface area contributed by atoms with Gasteiger partial charge in [-0.1, -0.05) is 164 Å². The molecular weight excluding hydrogens is 581 g/mol. The maximum absolute atomic E-state index is 2.39. The molecule has 7 aromatic rings. The maximum atomic E-state index is 2.39. The van der Waals surface area contributed by atoms with Crippen molar-refractivity contribution in [3.05, 3.63) is 216 Å². The minimum absolute atomic E-state index is 1.06. The van der Waals surface area contributed by atoms with Crippen molar-refractivity contribution in [2.45, 2.75) is 0 Å². The molecule has 2 nitrogen and oxygen atoms in total.